The Hall–Kier alpha value is -3.67. The summed E-state index contributed by atoms with van der Waals surface area (Å²) >= 11 is 0. The van der Waals surface area contributed by atoms with Crippen LogP contribution in [-0.2, 0) is 4.79 Å². The molecular weight excluding hydrogens is 404 g/mol. The van der Waals surface area contributed by atoms with Crippen LogP contribution >= 0.6 is 0 Å². The molecule has 3 aromatic rings. The first kappa shape index (κ1) is 23.0. The van der Waals surface area contributed by atoms with E-state index in [0.717, 1.165) is 30.0 Å². The molecule has 168 valence electrons. The smallest absolute Gasteiger partial charge is 0.243 e. The van der Waals surface area contributed by atoms with E-state index in [1.165, 1.54) is 0 Å². The van der Waals surface area contributed by atoms with Gasteiger partial charge in [-0.15, -0.1) is 0 Å². The highest BCUT2D eigenvalue weighted by Crippen LogP contribution is 2.24. The van der Waals surface area contributed by atoms with Crippen molar-refractivity contribution in [2.45, 2.75) is 19.8 Å². The fourth-order valence-electron chi connectivity index (χ4n) is 2.90. The fraction of sp³-hybridized carbons (Fsp3) is 0.269. The molecule has 0 fully saturated rings. The Morgan fingerprint density at radius 1 is 0.750 bits per heavy atom. The minimum atomic E-state index is -0.162. The maximum absolute atomic E-state index is 12.4. The van der Waals surface area contributed by atoms with E-state index in [1.54, 1.807) is 0 Å². The molecule has 3 aromatic carbocycles. The van der Waals surface area contributed by atoms with Crippen molar-refractivity contribution in [3.05, 3.63) is 78.9 Å². The van der Waals surface area contributed by atoms with Crippen molar-refractivity contribution in [3.8, 4) is 17.2 Å². The van der Waals surface area contributed by atoms with Crippen LogP contribution in [0.25, 0.3) is 0 Å². The van der Waals surface area contributed by atoms with E-state index in [9.17, 15) is 4.79 Å². The lowest BCUT2D eigenvalue weighted by molar-refractivity contribution is -0.114. The fourth-order valence-corrected chi connectivity index (χ4v) is 2.90. The molecule has 0 radical (unpaired) electrons. The van der Waals surface area contributed by atoms with Crippen molar-refractivity contribution >= 4 is 17.3 Å². The van der Waals surface area contributed by atoms with Gasteiger partial charge in [0.15, 0.2) is 0 Å². The minimum absolute atomic E-state index is 0.140. The van der Waals surface area contributed by atoms with Gasteiger partial charge in [-0.05, 0) is 55.0 Å². The summed E-state index contributed by atoms with van der Waals surface area (Å²) in [5, 5.41) is 6.01. The van der Waals surface area contributed by atoms with Gasteiger partial charge >= 0.3 is 0 Å². The second kappa shape index (κ2) is 12.9. The first-order chi connectivity index (χ1) is 15.7. The molecular formula is C26H30N2O4. The van der Waals surface area contributed by atoms with Gasteiger partial charge in [0.1, 0.15) is 30.5 Å². The molecule has 0 bridgehead atoms. The first-order valence-electron chi connectivity index (χ1n) is 10.9. The molecule has 0 heterocycles. The van der Waals surface area contributed by atoms with Crippen LogP contribution in [0.2, 0.25) is 0 Å². The molecule has 0 aromatic heterocycles. The zero-order chi connectivity index (χ0) is 22.4. The summed E-state index contributed by atoms with van der Waals surface area (Å²) in [6.07, 6.45) is 2.13. The molecule has 6 heteroatoms. The van der Waals surface area contributed by atoms with E-state index in [4.69, 9.17) is 14.2 Å². The molecule has 6 nitrogen and oxygen atoms in total. The molecule has 0 atom stereocenters. The summed E-state index contributed by atoms with van der Waals surface area (Å²) in [4.78, 5) is 12.4. The maximum Gasteiger partial charge on any atom is 0.243 e. The molecule has 0 saturated heterocycles. The Morgan fingerprint density at radius 3 is 2.19 bits per heavy atom. The number of benzene rings is 3. The summed E-state index contributed by atoms with van der Waals surface area (Å²) in [6.45, 7) is 3.76. The number of amides is 1. The Morgan fingerprint density at radius 2 is 1.41 bits per heavy atom. The van der Waals surface area contributed by atoms with Crippen molar-refractivity contribution in [2.24, 2.45) is 0 Å². The average molecular weight is 435 g/mol. The van der Waals surface area contributed by atoms with Crippen LogP contribution in [0.1, 0.15) is 19.8 Å². The molecule has 0 saturated carbocycles. The Kier molecular flexibility index (Phi) is 9.27. The van der Waals surface area contributed by atoms with Crippen molar-refractivity contribution in [1.29, 1.82) is 0 Å². The Bertz CT molecular complexity index is 946. The highest BCUT2D eigenvalue weighted by atomic mass is 16.5. The molecule has 3 rings (SSSR count). The molecule has 1 amide bonds. The number of hydrogen-bond acceptors (Lipinski definition) is 5. The van der Waals surface area contributed by atoms with Gasteiger partial charge in [-0.2, -0.15) is 0 Å². The van der Waals surface area contributed by atoms with Crippen LogP contribution in [0.15, 0.2) is 78.9 Å². The number of hydrogen-bond donors (Lipinski definition) is 2. The predicted molar refractivity (Wildman–Crippen MR) is 128 cm³/mol. The Labute approximate surface area is 189 Å². The quantitative estimate of drug-likeness (QED) is 0.354. The summed E-state index contributed by atoms with van der Waals surface area (Å²) < 4.78 is 17.1. The molecule has 32 heavy (non-hydrogen) atoms. The lowest BCUT2D eigenvalue weighted by Gasteiger charge is -2.13. The van der Waals surface area contributed by atoms with Crippen LogP contribution in [-0.4, -0.2) is 32.3 Å². The van der Waals surface area contributed by atoms with Crippen molar-refractivity contribution < 1.29 is 19.0 Å². The molecule has 2 N–H and O–H groups in total. The monoisotopic (exact) mass is 434 g/mol. The van der Waals surface area contributed by atoms with Crippen molar-refractivity contribution in [1.82, 2.24) is 0 Å². The van der Waals surface area contributed by atoms with E-state index in [2.05, 4.69) is 17.6 Å². The van der Waals surface area contributed by atoms with Gasteiger partial charge < -0.3 is 24.8 Å². The first-order valence-corrected chi connectivity index (χ1v) is 10.9. The van der Waals surface area contributed by atoms with E-state index < -0.39 is 0 Å². The third kappa shape index (κ3) is 7.87. The van der Waals surface area contributed by atoms with Gasteiger partial charge in [0.2, 0.25) is 5.91 Å². The van der Waals surface area contributed by atoms with Crippen LogP contribution in [0.3, 0.4) is 0 Å². The predicted octanol–water partition coefficient (Wildman–Crippen LogP) is 5.37. The Balaban J connectivity index is 1.42. The van der Waals surface area contributed by atoms with Gasteiger partial charge in [0, 0.05) is 5.69 Å². The van der Waals surface area contributed by atoms with E-state index in [-0.39, 0.29) is 12.5 Å². The molecule has 0 aliphatic heterocycles. The summed E-state index contributed by atoms with van der Waals surface area (Å²) in [6, 6.07) is 24.5. The molecule has 0 spiro atoms. The number of ether oxygens (including phenoxy) is 3. The number of carbonyl (C=O) groups excluding carboxylic acids is 1. The number of para-hydroxylation sites is 3. The highest BCUT2D eigenvalue weighted by Gasteiger charge is 2.08. The SMILES string of the molecule is CCCCOc1ccc(NCC(=O)Nc2ccccc2OCCOc2ccccc2)cc1. The zero-order valence-electron chi connectivity index (χ0n) is 18.4. The summed E-state index contributed by atoms with van der Waals surface area (Å²) in [5.74, 6) is 2.07. The molecule has 0 aliphatic rings. The lowest BCUT2D eigenvalue weighted by Crippen LogP contribution is -2.22. The van der Waals surface area contributed by atoms with Gasteiger partial charge in [-0.1, -0.05) is 43.7 Å². The molecule has 0 unspecified atom stereocenters. The topological polar surface area (TPSA) is 68.8 Å². The number of rotatable bonds is 13. The van der Waals surface area contributed by atoms with Gasteiger partial charge in [0.05, 0.1) is 18.8 Å². The summed E-state index contributed by atoms with van der Waals surface area (Å²) in [7, 11) is 0. The second-order valence-electron chi connectivity index (χ2n) is 7.13. The van der Waals surface area contributed by atoms with E-state index in [1.807, 2.05) is 78.9 Å². The highest BCUT2D eigenvalue weighted by molar-refractivity contribution is 5.95. The van der Waals surface area contributed by atoms with E-state index >= 15 is 0 Å². The number of anilines is 2. The largest absolute Gasteiger partial charge is 0.494 e. The number of unbranched alkanes of at least 4 members (excludes halogenated alkanes) is 1. The van der Waals surface area contributed by atoms with Crippen molar-refractivity contribution in [3.63, 3.8) is 0 Å². The third-order valence-electron chi connectivity index (χ3n) is 4.59. The number of carbonyl (C=O) groups is 1. The van der Waals surface area contributed by atoms with E-state index in [0.29, 0.717) is 31.3 Å². The summed E-state index contributed by atoms with van der Waals surface area (Å²) in [5.41, 5.74) is 1.48. The third-order valence-corrected chi connectivity index (χ3v) is 4.59. The van der Waals surface area contributed by atoms with Crippen LogP contribution in [0.4, 0.5) is 11.4 Å². The van der Waals surface area contributed by atoms with Gasteiger partial charge in [0.25, 0.3) is 0 Å². The molecule has 0 aliphatic carbocycles. The zero-order valence-corrected chi connectivity index (χ0v) is 18.4. The second-order valence-corrected chi connectivity index (χ2v) is 7.13. The van der Waals surface area contributed by atoms with Gasteiger partial charge in [-0.25, -0.2) is 0 Å². The minimum Gasteiger partial charge on any atom is -0.494 e. The normalized spacial score (nSPS) is 10.3. The standard InChI is InChI=1S/C26H30N2O4/c1-2-3-17-30-23-15-13-21(14-16-23)27-20-26(29)28-24-11-7-8-12-25(24)32-19-18-31-22-9-5-4-6-10-22/h4-16,27H,2-3,17-20H2,1H3,(H,28,29). The maximum atomic E-state index is 12.4. The lowest BCUT2D eigenvalue weighted by atomic mass is 10.3. The van der Waals surface area contributed by atoms with Gasteiger partial charge in [-0.3, -0.25) is 4.79 Å². The number of nitrogens with one attached hydrogen (secondary N) is 2. The average Bonchev–Trinajstić information content (AvgIpc) is 2.83. The van der Waals surface area contributed by atoms with Crippen molar-refractivity contribution in [2.75, 3.05) is 37.0 Å². The van der Waals surface area contributed by atoms with Crippen LogP contribution < -0.4 is 24.8 Å². The van der Waals surface area contributed by atoms with Crippen LogP contribution in [0.5, 0.6) is 17.2 Å². The van der Waals surface area contributed by atoms with Crippen LogP contribution in [0, 0.1) is 0 Å².